The molecule has 5 nitrogen and oxygen atoms in total. The number of nitrogens with zero attached hydrogens (tertiary/aromatic N) is 2. The van der Waals surface area contributed by atoms with Crippen molar-refractivity contribution < 1.29 is 18.7 Å². The number of ether oxygens (including phenoxy) is 1. The fraction of sp³-hybridized carbons (Fsp3) is 0.533. The first-order valence-corrected chi connectivity index (χ1v) is 6.99. The molecular weight excluding hydrogens is 275 g/mol. The Morgan fingerprint density at radius 1 is 1.38 bits per heavy atom. The number of hydrogen-bond donors (Lipinski definition) is 0. The minimum atomic E-state index is -0.752. The average Bonchev–Trinajstić information content (AvgIpc) is 2.74. The summed E-state index contributed by atoms with van der Waals surface area (Å²) in [7, 11) is 0. The topological polar surface area (TPSA) is 59.5 Å². The van der Waals surface area contributed by atoms with Gasteiger partial charge in [0.1, 0.15) is 5.60 Å². The summed E-state index contributed by atoms with van der Waals surface area (Å²) in [6.07, 6.45) is 1.96. The first-order valence-electron chi connectivity index (χ1n) is 6.99. The second kappa shape index (κ2) is 4.51. The lowest BCUT2D eigenvalue weighted by Crippen LogP contribution is -2.48. The van der Waals surface area contributed by atoms with Crippen LogP contribution in [0.3, 0.4) is 0 Å². The molecule has 2 atom stereocenters. The molecule has 0 aromatic carbocycles. The first kappa shape index (κ1) is 14.0. The van der Waals surface area contributed by atoms with Gasteiger partial charge in [-0.2, -0.15) is 4.39 Å². The molecule has 2 aliphatic heterocycles. The Balaban J connectivity index is 2.01. The van der Waals surface area contributed by atoms with E-state index in [2.05, 4.69) is 4.98 Å². The number of aromatic nitrogens is 1. The van der Waals surface area contributed by atoms with E-state index in [1.54, 1.807) is 26.8 Å². The lowest BCUT2D eigenvalue weighted by atomic mass is 9.94. The second-order valence-electron chi connectivity index (χ2n) is 6.43. The van der Waals surface area contributed by atoms with Crippen molar-refractivity contribution >= 4 is 11.9 Å². The summed E-state index contributed by atoms with van der Waals surface area (Å²) in [4.78, 5) is 29.8. The molecule has 6 heteroatoms. The van der Waals surface area contributed by atoms with Gasteiger partial charge in [0.15, 0.2) is 5.78 Å². The Morgan fingerprint density at radius 2 is 2.05 bits per heavy atom. The van der Waals surface area contributed by atoms with Crippen molar-refractivity contribution in [3.05, 3.63) is 29.3 Å². The fourth-order valence-electron chi connectivity index (χ4n) is 3.08. The first-order chi connectivity index (χ1) is 9.79. The number of amides is 1. The molecule has 1 aromatic rings. The van der Waals surface area contributed by atoms with E-state index >= 15 is 0 Å². The fourth-order valence-corrected chi connectivity index (χ4v) is 3.08. The molecule has 1 aromatic heterocycles. The molecule has 3 rings (SSSR count). The molecule has 0 radical (unpaired) electrons. The van der Waals surface area contributed by atoms with Gasteiger partial charge in [0.05, 0.1) is 17.6 Å². The molecule has 1 saturated heterocycles. The zero-order valence-corrected chi connectivity index (χ0v) is 12.2. The second-order valence-corrected chi connectivity index (χ2v) is 6.43. The van der Waals surface area contributed by atoms with Crippen molar-refractivity contribution in [2.24, 2.45) is 0 Å². The molecule has 3 heterocycles. The predicted molar refractivity (Wildman–Crippen MR) is 72.4 cm³/mol. The maximum Gasteiger partial charge on any atom is 0.411 e. The summed E-state index contributed by atoms with van der Waals surface area (Å²) in [6.45, 7) is 5.32. The minimum Gasteiger partial charge on any atom is -0.444 e. The van der Waals surface area contributed by atoms with E-state index in [1.807, 2.05) is 0 Å². The van der Waals surface area contributed by atoms with Gasteiger partial charge in [-0.3, -0.25) is 9.69 Å². The maximum atomic E-state index is 13.8. The quantitative estimate of drug-likeness (QED) is 0.690. The number of Topliss-reactive ketones (excluding diaryl/α,β-unsaturated/α-hetero) is 1. The van der Waals surface area contributed by atoms with E-state index in [4.69, 9.17) is 4.74 Å². The van der Waals surface area contributed by atoms with Crippen molar-refractivity contribution in [2.75, 3.05) is 0 Å². The van der Waals surface area contributed by atoms with Crippen molar-refractivity contribution in [2.45, 2.75) is 51.3 Å². The zero-order chi connectivity index (χ0) is 15.4. The Hall–Kier alpha value is -1.98. The van der Waals surface area contributed by atoms with Crippen molar-refractivity contribution in [1.29, 1.82) is 0 Å². The molecule has 112 valence electrons. The van der Waals surface area contributed by atoms with Crippen LogP contribution in [-0.4, -0.2) is 33.4 Å². The van der Waals surface area contributed by atoms with Gasteiger partial charge in [-0.25, -0.2) is 9.78 Å². The lowest BCUT2D eigenvalue weighted by Gasteiger charge is -2.36. The van der Waals surface area contributed by atoms with E-state index in [9.17, 15) is 14.0 Å². The number of hydrogen-bond acceptors (Lipinski definition) is 4. The number of halogens is 1. The van der Waals surface area contributed by atoms with Gasteiger partial charge in [-0.1, -0.05) is 0 Å². The number of pyridine rings is 1. The lowest BCUT2D eigenvalue weighted by molar-refractivity contribution is 0.0125. The minimum absolute atomic E-state index is 0.0322. The van der Waals surface area contributed by atoms with Gasteiger partial charge in [0, 0.05) is 6.20 Å². The van der Waals surface area contributed by atoms with Crippen LogP contribution >= 0.6 is 0 Å². The van der Waals surface area contributed by atoms with Crippen LogP contribution in [0.1, 0.15) is 55.6 Å². The smallest absolute Gasteiger partial charge is 0.411 e. The highest BCUT2D eigenvalue weighted by atomic mass is 19.1. The standard InChI is InChI=1S/C15H17FN2O3/c1-15(2,3)21-14(20)18-9-4-5-10(18)12(19)11-8(9)6-7-17-13(11)16/h6-7,9-10H,4-5H2,1-3H3. The zero-order valence-electron chi connectivity index (χ0n) is 12.2. The molecule has 0 spiro atoms. The molecule has 1 fully saturated rings. The van der Waals surface area contributed by atoms with Gasteiger partial charge >= 0.3 is 6.09 Å². The van der Waals surface area contributed by atoms with Crippen LogP contribution in [0.15, 0.2) is 12.3 Å². The van der Waals surface area contributed by atoms with Crippen molar-refractivity contribution in [3.63, 3.8) is 0 Å². The van der Waals surface area contributed by atoms with Crippen LogP contribution in [-0.2, 0) is 4.74 Å². The van der Waals surface area contributed by atoms with Gasteiger partial charge < -0.3 is 4.74 Å². The summed E-state index contributed by atoms with van der Waals surface area (Å²) in [5, 5.41) is 0. The monoisotopic (exact) mass is 292 g/mol. The molecule has 0 aliphatic carbocycles. The molecular formula is C15H17FN2O3. The highest BCUT2D eigenvalue weighted by Crippen LogP contribution is 2.44. The number of fused-ring (bicyclic) bond motifs is 4. The van der Waals surface area contributed by atoms with Crippen molar-refractivity contribution in [1.82, 2.24) is 9.88 Å². The van der Waals surface area contributed by atoms with E-state index in [0.29, 0.717) is 18.4 Å². The highest BCUT2D eigenvalue weighted by molar-refractivity contribution is 6.04. The molecule has 21 heavy (non-hydrogen) atoms. The summed E-state index contributed by atoms with van der Waals surface area (Å²) >= 11 is 0. The van der Waals surface area contributed by atoms with Gasteiger partial charge in [-0.05, 0) is 45.2 Å². The van der Waals surface area contributed by atoms with Crippen LogP contribution in [0.4, 0.5) is 9.18 Å². The molecule has 2 bridgehead atoms. The maximum absolute atomic E-state index is 13.8. The van der Waals surface area contributed by atoms with Crippen molar-refractivity contribution in [3.8, 4) is 0 Å². The third-order valence-electron chi connectivity index (χ3n) is 3.83. The third kappa shape index (κ3) is 2.18. The van der Waals surface area contributed by atoms with E-state index in [1.165, 1.54) is 11.1 Å². The van der Waals surface area contributed by atoms with Crippen LogP contribution in [0.2, 0.25) is 0 Å². The summed E-state index contributed by atoms with van der Waals surface area (Å²) < 4.78 is 19.2. The van der Waals surface area contributed by atoms with Gasteiger partial charge in [-0.15, -0.1) is 0 Å². The number of carbonyl (C=O) groups is 2. The van der Waals surface area contributed by atoms with E-state index in [0.717, 1.165) is 0 Å². The Kier molecular flexibility index (Phi) is 3.00. The van der Waals surface area contributed by atoms with Crippen LogP contribution in [0.25, 0.3) is 0 Å². The number of carbonyl (C=O) groups excluding carboxylic acids is 2. The van der Waals surface area contributed by atoms with Crippen LogP contribution in [0, 0.1) is 5.95 Å². The largest absolute Gasteiger partial charge is 0.444 e. The molecule has 2 aliphatic rings. The SMILES string of the molecule is CC(C)(C)OC(=O)N1C2CCC1c1ccnc(F)c1C2=O. The summed E-state index contributed by atoms with van der Waals surface area (Å²) in [6, 6.07) is 0.658. The average molecular weight is 292 g/mol. The van der Waals surface area contributed by atoms with Gasteiger partial charge in [0.2, 0.25) is 5.95 Å². The molecule has 1 amide bonds. The summed E-state index contributed by atoms with van der Waals surface area (Å²) in [5.74, 6) is -1.13. The molecule has 2 unspecified atom stereocenters. The number of rotatable bonds is 0. The number of ketones is 1. The van der Waals surface area contributed by atoms with E-state index in [-0.39, 0.29) is 17.4 Å². The Bertz CT molecular complexity index is 624. The highest BCUT2D eigenvalue weighted by Gasteiger charge is 2.49. The van der Waals surface area contributed by atoms with Crippen LogP contribution in [0.5, 0.6) is 0 Å². The van der Waals surface area contributed by atoms with Crippen LogP contribution < -0.4 is 0 Å². The summed E-state index contributed by atoms with van der Waals surface area (Å²) in [5.41, 5.74) is -0.0690. The van der Waals surface area contributed by atoms with E-state index < -0.39 is 23.7 Å². The normalized spacial score (nSPS) is 24.0. The Labute approximate surface area is 122 Å². The Morgan fingerprint density at radius 3 is 2.71 bits per heavy atom. The predicted octanol–water partition coefficient (Wildman–Crippen LogP) is 2.86. The molecule has 0 N–H and O–H groups in total. The third-order valence-corrected chi connectivity index (χ3v) is 3.83. The molecule has 0 saturated carbocycles. The van der Waals surface area contributed by atoms with Gasteiger partial charge in [0.25, 0.3) is 0 Å².